The van der Waals surface area contributed by atoms with Crippen LogP contribution in [0.5, 0.6) is 11.5 Å². The Morgan fingerprint density at radius 2 is 1.84 bits per heavy atom. The number of H-pyrrole nitrogens is 1. The first-order valence-corrected chi connectivity index (χ1v) is 8.98. The molecule has 0 saturated carbocycles. The summed E-state index contributed by atoms with van der Waals surface area (Å²) < 4.78 is 46.9. The van der Waals surface area contributed by atoms with E-state index in [1.54, 1.807) is 30.3 Å². The fourth-order valence-corrected chi connectivity index (χ4v) is 2.92. The average molecular weight is 428 g/mol. The lowest BCUT2D eigenvalue weighted by molar-refractivity contribution is -0.274. The Hall–Kier alpha value is -4.08. The lowest BCUT2D eigenvalue weighted by Crippen LogP contribution is -2.17. The summed E-state index contributed by atoms with van der Waals surface area (Å²) in [5, 5.41) is 3.61. The van der Waals surface area contributed by atoms with Crippen molar-refractivity contribution in [3.63, 3.8) is 0 Å². The van der Waals surface area contributed by atoms with Crippen LogP contribution in [0.15, 0.2) is 65.6 Å². The number of anilines is 2. The van der Waals surface area contributed by atoms with Gasteiger partial charge in [-0.3, -0.25) is 4.79 Å². The number of nitrogens with one attached hydrogen (secondary N) is 2. The highest BCUT2D eigenvalue weighted by atomic mass is 19.4. The van der Waals surface area contributed by atoms with Crippen LogP contribution >= 0.6 is 0 Å². The second-order valence-electron chi connectivity index (χ2n) is 6.42. The van der Waals surface area contributed by atoms with Crippen molar-refractivity contribution in [1.29, 1.82) is 0 Å². The van der Waals surface area contributed by atoms with Gasteiger partial charge in [-0.2, -0.15) is 0 Å². The van der Waals surface area contributed by atoms with Crippen molar-refractivity contribution in [2.45, 2.75) is 6.36 Å². The minimum atomic E-state index is -4.80. The van der Waals surface area contributed by atoms with E-state index >= 15 is 0 Å². The van der Waals surface area contributed by atoms with E-state index in [0.29, 0.717) is 39.5 Å². The number of alkyl halides is 3. The van der Waals surface area contributed by atoms with Crippen molar-refractivity contribution in [1.82, 2.24) is 15.0 Å². The number of nitrogens with zero attached hydrogens (tertiary/aromatic N) is 2. The number of methoxy groups -OCH3 is 1. The summed E-state index contributed by atoms with van der Waals surface area (Å²) in [6.07, 6.45) is -3.32. The lowest BCUT2D eigenvalue weighted by atomic mass is 10.2. The zero-order chi connectivity index (χ0) is 22.0. The van der Waals surface area contributed by atoms with E-state index in [1.165, 1.54) is 37.6 Å². The molecule has 4 aromatic rings. The number of hydrogen-bond acceptors (Lipinski definition) is 6. The van der Waals surface area contributed by atoms with Crippen LogP contribution in [0.1, 0.15) is 0 Å². The van der Waals surface area contributed by atoms with Crippen LogP contribution in [0.4, 0.5) is 24.7 Å². The third-order valence-electron chi connectivity index (χ3n) is 4.28. The van der Waals surface area contributed by atoms with Gasteiger partial charge in [-0.05, 0) is 36.4 Å². The third kappa shape index (κ3) is 4.74. The molecule has 0 unspecified atom stereocenters. The third-order valence-corrected chi connectivity index (χ3v) is 4.28. The van der Waals surface area contributed by atoms with Gasteiger partial charge in [-0.15, -0.1) is 13.2 Å². The molecular formula is C21H15F3N4O3. The fourth-order valence-electron chi connectivity index (χ4n) is 2.92. The highest BCUT2D eigenvalue weighted by Gasteiger charge is 2.31. The van der Waals surface area contributed by atoms with Gasteiger partial charge in [-0.25, -0.2) is 9.97 Å². The molecule has 0 bridgehead atoms. The summed E-state index contributed by atoms with van der Waals surface area (Å²) in [5.74, 6) is 0.854. The number of benzene rings is 2. The number of fused-ring (bicyclic) bond motifs is 1. The SMILES string of the molecule is COc1ccc2nc(-c3ccc(=O)[nH]c3)nc(Nc3cccc(OC(F)(F)F)c3)c2c1. The summed E-state index contributed by atoms with van der Waals surface area (Å²) in [4.78, 5) is 23.0. The summed E-state index contributed by atoms with van der Waals surface area (Å²) in [5.41, 5.74) is 1.20. The number of ether oxygens (including phenoxy) is 2. The molecule has 31 heavy (non-hydrogen) atoms. The van der Waals surface area contributed by atoms with E-state index in [0.717, 1.165) is 0 Å². The van der Waals surface area contributed by atoms with Gasteiger partial charge >= 0.3 is 6.36 Å². The molecule has 0 saturated heterocycles. The van der Waals surface area contributed by atoms with Crippen LogP contribution in [-0.2, 0) is 0 Å². The van der Waals surface area contributed by atoms with Gasteiger partial charge < -0.3 is 19.8 Å². The van der Waals surface area contributed by atoms with Crippen LogP contribution in [0.3, 0.4) is 0 Å². The summed E-state index contributed by atoms with van der Waals surface area (Å²) >= 11 is 0. The van der Waals surface area contributed by atoms with E-state index in [-0.39, 0.29) is 11.3 Å². The van der Waals surface area contributed by atoms with Crippen LogP contribution < -0.4 is 20.3 Å². The van der Waals surface area contributed by atoms with E-state index in [2.05, 4.69) is 25.0 Å². The van der Waals surface area contributed by atoms with E-state index < -0.39 is 6.36 Å². The molecule has 0 aliphatic carbocycles. The Kier molecular flexibility index (Phi) is 5.20. The zero-order valence-electron chi connectivity index (χ0n) is 16.0. The monoisotopic (exact) mass is 428 g/mol. The molecule has 0 aliphatic rings. The van der Waals surface area contributed by atoms with Crippen molar-refractivity contribution in [3.8, 4) is 22.9 Å². The van der Waals surface area contributed by atoms with Gasteiger partial charge in [0.1, 0.15) is 17.3 Å². The second-order valence-corrected chi connectivity index (χ2v) is 6.42. The summed E-state index contributed by atoms with van der Waals surface area (Å²) in [7, 11) is 1.52. The summed E-state index contributed by atoms with van der Waals surface area (Å²) in [6.45, 7) is 0. The Bertz CT molecular complexity index is 1280. The van der Waals surface area contributed by atoms with Gasteiger partial charge in [0.05, 0.1) is 12.6 Å². The first-order valence-electron chi connectivity index (χ1n) is 8.98. The lowest BCUT2D eigenvalue weighted by Gasteiger charge is -2.13. The van der Waals surface area contributed by atoms with Gasteiger partial charge in [0.15, 0.2) is 5.82 Å². The van der Waals surface area contributed by atoms with Crippen molar-refractivity contribution < 1.29 is 22.6 Å². The molecule has 10 heteroatoms. The molecule has 2 aromatic heterocycles. The van der Waals surface area contributed by atoms with E-state index in [9.17, 15) is 18.0 Å². The summed E-state index contributed by atoms with van der Waals surface area (Å²) in [6, 6.07) is 13.5. The number of rotatable bonds is 5. The van der Waals surface area contributed by atoms with Crippen molar-refractivity contribution >= 4 is 22.4 Å². The van der Waals surface area contributed by atoms with Crippen LogP contribution in [-0.4, -0.2) is 28.4 Å². The van der Waals surface area contributed by atoms with Crippen molar-refractivity contribution in [2.75, 3.05) is 12.4 Å². The van der Waals surface area contributed by atoms with Crippen LogP contribution in [0, 0.1) is 0 Å². The molecule has 4 rings (SSSR count). The Morgan fingerprint density at radius 3 is 2.55 bits per heavy atom. The molecule has 0 fully saturated rings. The number of hydrogen-bond donors (Lipinski definition) is 2. The molecule has 7 nitrogen and oxygen atoms in total. The number of aromatic nitrogens is 3. The molecule has 0 amide bonds. The Balaban J connectivity index is 1.80. The molecular weight excluding hydrogens is 413 g/mol. The molecule has 2 heterocycles. The number of halogens is 3. The minimum absolute atomic E-state index is 0.269. The van der Waals surface area contributed by atoms with Crippen LogP contribution in [0.2, 0.25) is 0 Å². The predicted molar refractivity (Wildman–Crippen MR) is 109 cm³/mol. The largest absolute Gasteiger partial charge is 0.573 e. The predicted octanol–water partition coefficient (Wildman–Crippen LogP) is 4.64. The smallest absolute Gasteiger partial charge is 0.497 e. The molecule has 0 radical (unpaired) electrons. The zero-order valence-corrected chi connectivity index (χ0v) is 16.0. The quantitative estimate of drug-likeness (QED) is 0.482. The first-order chi connectivity index (χ1) is 14.8. The topological polar surface area (TPSA) is 89.1 Å². The first kappa shape index (κ1) is 20.2. The fraction of sp³-hybridized carbons (Fsp3) is 0.0952. The van der Waals surface area contributed by atoms with E-state index in [1.807, 2.05) is 0 Å². The van der Waals surface area contributed by atoms with Crippen LogP contribution in [0.25, 0.3) is 22.3 Å². The Labute approximate surface area is 173 Å². The maximum atomic E-state index is 12.6. The molecule has 0 spiro atoms. The number of pyridine rings is 1. The highest BCUT2D eigenvalue weighted by Crippen LogP contribution is 2.31. The molecule has 2 N–H and O–H groups in total. The molecule has 0 atom stereocenters. The molecule has 0 aliphatic heterocycles. The highest BCUT2D eigenvalue weighted by molar-refractivity contribution is 5.93. The van der Waals surface area contributed by atoms with Crippen molar-refractivity contribution in [3.05, 3.63) is 71.1 Å². The molecule has 158 valence electrons. The Morgan fingerprint density at radius 1 is 1.00 bits per heavy atom. The number of aromatic amines is 1. The maximum Gasteiger partial charge on any atom is 0.573 e. The standard InChI is InChI=1S/C21H15F3N4O3/c1-30-14-6-7-17-16(10-14)20(28-19(27-17)12-5-8-18(29)25-11-12)26-13-3-2-4-15(9-13)31-21(22,23)24/h2-11H,1H3,(H,25,29)(H,26,27,28). The van der Waals surface area contributed by atoms with Gasteiger partial charge in [0, 0.05) is 35.0 Å². The van der Waals surface area contributed by atoms with Gasteiger partial charge in [0.2, 0.25) is 5.56 Å². The maximum absolute atomic E-state index is 12.6. The second kappa shape index (κ2) is 7.98. The van der Waals surface area contributed by atoms with Crippen molar-refractivity contribution in [2.24, 2.45) is 0 Å². The molecule has 2 aromatic carbocycles. The van der Waals surface area contributed by atoms with Gasteiger partial charge in [0.25, 0.3) is 0 Å². The van der Waals surface area contributed by atoms with E-state index in [4.69, 9.17) is 4.74 Å². The van der Waals surface area contributed by atoms with Gasteiger partial charge in [-0.1, -0.05) is 6.07 Å². The normalized spacial score (nSPS) is 11.4. The average Bonchev–Trinajstić information content (AvgIpc) is 2.73. The minimum Gasteiger partial charge on any atom is -0.497 e.